The number of rotatable bonds is 5. The molecule has 0 saturated carbocycles. The smallest absolute Gasteiger partial charge is 0.241 e. The Hall–Kier alpha value is -0.0800. The van der Waals surface area contributed by atoms with Crippen LogP contribution in [0.5, 0.6) is 0 Å². The van der Waals surface area contributed by atoms with E-state index in [1.165, 1.54) is 17.8 Å². The predicted octanol–water partition coefficient (Wildman–Crippen LogP) is 1.38. The number of nitrogens with two attached hydrogens (primary N) is 1. The standard InChI is InChI=1S/C10H16N2O2S3/c11-5-9-4-10(7-16-9)17(13,14)12-6-8-2-1-3-15-8/h4,7-8,12H,1-3,5-6,11H2. The van der Waals surface area contributed by atoms with E-state index < -0.39 is 10.0 Å². The fourth-order valence-electron chi connectivity index (χ4n) is 1.70. The first-order valence-corrected chi connectivity index (χ1v) is 8.92. The molecule has 1 aliphatic rings. The van der Waals surface area contributed by atoms with E-state index in [4.69, 9.17) is 5.73 Å². The minimum Gasteiger partial charge on any atom is -0.326 e. The van der Waals surface area contributed by atoms with Crippen LogP contribution in [0.2, 0.25) is 0 Å². The third-order valence-electron chi connectivity index (χ3n) is 2.67. The van der Waals surface area contributed by atoms with Crippen molar-refractivity contribution in [3.8, 4) is 0 Å². The lowest BCUT2D eigenvalue weighted by Crippen LogP contribution is -2.29. The third kappa shape index (κ3) is 3.45. The number of nitrogens with one attached hydrogen (secondary N) is 1. The van der Waals surface area contributed by atoms with Crippen molar-refractivity contribution in [2.75, 3.05) is 12.3 Å². The van der Waals surface area contributed by atoms with Gasteiger partial charge in [-0.25, -0.2) is 13.1 Å². The van der Waals surface area contributed by atoms with Crippen molar-refractivity contribution in [3.63, 3.8) is 0 Å². The Morgan fingerprint density at radius 1 is 1.53 bits per heavy atom. The molecule has 4 nitrogen and oxygen atoms in total. The topological polar surface area (TPSA) is 72.2 Å². The summed E-state index contributed by atoms with van der Waals surface area (Å²) >= 11 is 3.23. The Labute approximate surface area is 110 Å². The van der Waals surface area contributed by atoms with Gasteiger partial charge in [0.15, 0.2) is 0 Å². The van der Waals surface area contributed by atoms with Gasteiger partial charge in [0.2, 0.25) is 10.0 Å². The summed E-state index contributed by atoms with van der Waals surface area (Å²) in [4.78, 5) is 1.23. The van der Waals surface area contributed by atoms with E-state index in [9.17, 15) is 8.42 Å². The van der Waals surface area contributed by atoms with E-state index in [-0.39, 0.29) is 0 Å². The number of hydrogen-bond donors (Lipinski definition) is 2. The SMILES string of the molecule is NCc1cc(S(=O)(=O)NCC2CCCS2)cs1. The minimum absolute atomic E-state index is 0.339. The highest BCUT2D eigenvalue weighted by molar-refractivity contribution is 8.00. The lowest BCUT2D eigenvalue weighted by molar-refractivity contribution is 0.579. The third-order valence-corrected chi connectivity index (χ3v) is 6.58. The van der Waals surface area contributed by atoms with E-state index in [0.29, 0.717) is 23.2 Å². The summed E-state index contributed by atoms with van der Waals surface area (Å²) in [6, 6.07) is 1.65. The molecule has 7 heteroatoms. The van der Waals surface area contributed by atoms with Crippen LogP contribution < -0.4 is 10.5 Å². The van der Waals surface area contributed by atoms with Crippen molar-refractivity contribution in [1.82, 2.24) is 4.72 Å². The van der Waals surface area contributed by atoms with Crippen molar-refractivity contribution in [1.29, 1.82) is 0 Å². The van der Waals surface area contributed by atoms with Crippen LogP contribution in [0, 0.1) is 0 Å². The maximum absolute atomic E-state index is 12.0. The van der Waals surface area contributed by atoms with E-state index in [1.807, 2.05) is 11.8 Å². The molecule has 0 aliphatic carbocycles. The second-order valence-electron chi connectivity index (χ2n) is 3.94. The lowest BCUT2D eigenvalue weighted by Gasteiger charge is -2.09. The fourth-order valence-corrected chi connectivity index (χ4v) is 5.24. The van der Waals surface area contributed by atoms with Crippen LogP contribution in [0.25, 0.3) is 0 Å². The minimum atomic E-state index is -3.35. The molecule has 2 heterocycles. The molecule has 17 heavy (non-hydrogen) atoms. The van der Waals surface area contributed by atoms with Gasteiger partial charge in [0, 0.05) is 28.6 Å². The Morgan fingerprint density at radius 3 is 2.94 bits per heavy atom. The van der Waals surface area contributed by atoms with E-state index in [1.54, 1.807) is 11.4 Å². The zero-order chi connectivity index (χ0) is 12.3. The van der Waals surface area contributed by atoms with Gasteiger partial charge in [0.1, 0.15) is 0 Å². The first-order chi connectivity index (χ1) is 8.12. The molecule has 3 N–H and O–H groups in total. The molecule has 1 atom stereocenters. The van der Waals surface area contributed by atoms with Gasteiger partial charge in [-0.05, 0) is 24.7 Å². The van der Waals surface area contributed by atoms with Gasteiger partial charge in [-0.1, -0.05) is 0 Å². The van der Waals surface area contributed by atoms with Crippen LogP contribution in [0.15, 0.2) is 16.3 Å². The van der Waals surface area contributed by atoms with Gasteiger partial charge < -0.3 is 5.73 Å². The summed E-state index contributed by atoms with van der Waals surface area (Å²) in [7, 11) is -3.35. The molecule has 0 bridgehead atoms. The van der Waals surface area contributed by atoms with Gasteiger partial charge in [-0.15, -0.1) is 11.3 Å². The number of thioether (sulfide) groups is 1. The van der Waals surface area contributed by atoms with E-state index in [0.717, 1.165) is 17.1 Å². The fraction of sp³-hybridized carbons (Fsp3) is 0.600. The summed E-state index contributed by atoms with van der Waals surface area (Å²) in [6.07, 6.45) is 2.29. The second-order valence-corrected chi connectivity index (χ2v) is 8.11. The van der Waals surface area contributed by atoms with Crippen molar-refractivity contribution in [2.24, 2.45) is 5.73 Å². The summed E-state index contributed by atoms with van der Waals surface area (Å²) in [6.45, 7) is 0.916. The van der Waals surface area contributed by atoms with Crippen LogP contribution in [-0.4, -0.2) is 26.0 Å². The molecule has 96 valence electrons. The van der Waals surface area contributed by atoms with Gasteiger partial charge in [0.05, 0.1) is 4.90 Å². The normalized spacial score (nSPS) is 20.9. The average molecular weight is 292 g/mol. The summed E-state index contributed by atoms with van der Waals surface area (Å²) in [5.74, 6) is 1.14. The monoisotopic (exact) mass is 292 g/mol. The van der Waals surface area contributed by atoms with Gasteiger partial charge in [-0.2, -0.15) is 11.8 Å². The van der Waals surface area contributed by atoms with Crippen molar-refractivity contribution in [3.05, 3.63) is 16.3 Å². The van der Waals surface area contributed by atoms with Crippen LogP contribution >= 0.6 is 23.1 Å². The average Bonchev–Trinajstić information content (AvgIpc) is 2.98. The molecule has 1 aromatic rings. The maximum Gasteiger partial charge on any atom is 0.241 e. The summed E-state index contributed by atoms with van der Waals surface area (Å²) in [5.41, 5.74) is 5.47. The highest BCUT2D eigenvalue weighted by atomic mass is 32.2. The molecule has 0 spiro atoms. The Balaban J connectivity index is 1.97. The maximum atomic E-state index is 12.0. The number of sulfonamides is 1. The van der Waals surface area contributed by atoms with Crippen LogP contribution in [-0.2, 0) is 16.6 Å². The zero-order valence-electron chi connectivity index (χ0n) is 9.39. The molecule has 1 aromatic heterocycles. The second kappa shape index (κ2) is 5.71. The molecule has 1 fully saturated rings. The molecule has 0 radical (unpaired) electrons. The summed E-state index contributed by atoms with van der Waals surface area (Å²) < 4.78 is 26.6. The quantitative estimate of drug-likeness (QED) is 0.860. The number of hydrogen-bond acceptors (Lipinski definition) is 5. The van der Waals surface area contributed by atoms with Crippen molar-refractivity contribution in [2.45, 2.75) is 29.5 Å². The zero-order valence-corrected chi connectivity index (χ0v) is 11.8. The highest BCUT2D eigenvalue weighted by Crippen LogP contribution is 2.26. The molecule has 2 rings (SSSR count). The van der Waals surface area contributed by atoms with E-state index >= 15 is 0 Å². The van der Waals surface area contributed by atoms with Gasteiger partial charge in [-0.3, -0.25) is 0 Å². The molecule has 0 aromatic carbocycles. The van der Waals surface area contributed by atoms with Crippen LogP contribution in [0.1, 0.15) is 17.7 Å². The van der Waals surface area contributed by atoms with Crippen LogP contribution in [0.3, 0.4) is 0 Å². The molecular formula is C10H16N2O2S3. The Kier molecular flexibility index (Phi) is 4.48. The lowest BCUT2D eigenvalue weighted by atomic mass is 10.2. The van der Waals surface area contributed by atoms with Gasteiger partial charge >= 0.3 is 0 Å². The van der Waals surface area contributed by atoms with Crippen molar-refractivity contribution < 1.29 is 8.42 Å². The van der Waals surface area contributed by atoms with Crippen molar-refractivity contribution >= 4 is 33.1 Å². The molecule has 1 saturated heterocycles. The first kappa shape index (κ1) is 13.4. The van der Waals surface area contributed by atoms with E-state index in [2.05, 4.69) is 4.72 Å². The molecular weight excluding hydrogens is 276 g/mol. The largest absolute Gasteiger partial charge is 0.326 e. The molecule has 1 unspecified atom stereocenters. The Morgan fingerprint density at radius 2 is 2.35 bits per heavy atom. The Bertz CT molecular complexity index is 464. The highest BCUT2D eigenvalue weighted by Gasteiger charge is 2.20. The summed E-state index contributed by atoms with van der Waals surface area (Å²) in [5, 5.41) is 2.07. The van der Waals surface area contributed by atoms with Gasteiger partial charge in [0.25, 0.3) is 0 Å². The predicted molar refractivity (Wildman–Crippen MR) is 72.9 cm³/mol. The number of thiophene rings is 1. The molecule has 1 aliphatic heterocycles. The first-order valence-electron chi connectivity index (χ1n) is 5.50. The van der Waals surface area contributed by atoms with Crippen LogP contribution in [0.4, 0.5) is 0 Å². The molecule has 0 amide bonds.